The number of rotatable bonds is 3. The van der Waals surface area contributed by atoms with Gasteiger partial charge in [0.25, 0.3) is 0 Å². The Bertz CT molecular complexity index is 223. The van der Waals surface area contributed by atoms with Crippen LogP contribution in [0.5, 0.6) is 0 Å². The summed E-state index contributed by atoms with van der Waals surface area (Å²) in [7, 11) is 0. The van der Waals surface area contributed by atoms with E-state index >= 15 is 0 Å². The highest BCUT2D eigenvalue weighted by Gasteiger charge is 1.91. The molecule has 3 heteroatoms. The fourth-order valence-corrected chi connectivity index (χ4v) is 0.500. The van der Waals surface area contributed by atoms with E-state index in [9.17, 15) is 0 Å². The lowest BCUT2D eigenvalue weighted by Gasteiger charge is -1.89. The average molecular weight is 210 g/mol. The maximum atomic E-state index is 5.61. The van der Waals surface area contributed by atoms with E-state index in [2.05, 4.69) is 13.2 Å². The molecule has 0 aromatic carbocycles. The number of hydrogen-bond acceptors (Lipinski definition) is 0. The maximum absolute atomic E-state index is 5.61. The molecule has 0 nitrogen and oxygen atoms in total. The lowest BCUT2D eigenvalue weighted by atomic mass is 10.4. The monoisotopic (exact) mass is 208 g/mol. The number of halogens is 3. The van der Waals surface area contributed by atoms with Gasteiger partial charge in [-0.15, -0.1) is 0 Å². The molecule has 0 aromatic heterocycles. The summed E-state index contributed by atoms with van der Waals surface area (Å²) in [5, 5.41) is 1.16. The molecular formula is C8H7Cl3. The van der Waals surface area contributed by atoms with Crippen LogP contribution in [-0.4, -0.2) is 0 Å². The van der Waals surface area contributed by atoms with E-state index < -0.39 is 0 Å². The second-order valence-corrected chi connectivity index (χ2v) is 2.98. The van der Waals surface area contributed by atoms with Crippen LogP contribution in [0.25, 0.3) is 0 Å². The van der Waals surface area contributed by atoms with E-state index in [0.717, 1.165) is 0 Å². The Morgan fingerprint density at radius 3 is 2.00 bits per heavy atom. The smallest absolute Gasteiger partial charge is 0.0586 e. The molecule has 0 atom stereocenters. The summed E-state index contributed by atoms with van der Waals surface area (Å²) in [5.41, 5.74) is 0. The largest absolute Gasteiger partial charge is 0.0976 e. The molecule has 0 radical (unpaired) electrons. The summed E-state index contributed by atoms with van der Waals surface area (Å²) in [6.45, 7) is 6.88. The molecule has 0 saturated heterocycles. The third kappa shape index (κ3) is 5.14. The van der Waals surface area contributed by atoms with Gasteiger partial charge in [0.2, 0.25) is 0 Å². The minimum absolute atomic E-state index is 0.288. The third-order valence-electron chi connectivity index (χ3n) is 0.843. The van der Waals surface area contributed by atoms with Gasteiger partial charge in [-0.1, -0.05) is 54.0 Å². The van der Waals surface area contributed by atoms with Crippen LogP contribution in [0.2, 0.25) is 0 Å². The van der Waals surface area contributed by atoms with Crippen molar-refractivity contribution in [2.75, 3.05) is 0 Å². The van der Waals surface area contributed by atoms with E-state index in [1.54, 1.807) is 12.2 Å². The lowest BCUT2D eigenvalue weighted by molar-refractivity contribution is 1.79. The van der Waals surface area contributed by atoms with E-state index in [1.165, 1.54) is 6.08 Å². The van der Waals surface area contributed by atoms with E-state index in [4.69, 9.17) is 34.8 Å². The van der Waals surface area contributed by atoms with Gasteiger partial charge in [-0.3, -0.25) is 0 Å². The normalized spacial score (nSPS) is 13.0. The Hall–Kier alpha value is -0.170. The third-order valence-corrected chi connectivity index (χ3v) is 1.78. The molecule has 0 aliphatic carbocycles. The molecule has 0 aliphatic rings. The van der Waals surface area contributed by atoms with Gasteiger partial charge in [0.1, 0.15) is 0 Å². The summed E-state index contributed by atoms with van der Waals surface area (Å²) in [5.74, 6) is 0. The Kier molecular flexibility index (Phi) is 5.39. The number of allylic oxidation sites excluding steroid dienone is 6. The zero-order chi connectivity index (χ0) is 8.85. The quantitative estimate of drug-likeness (QED) is 0.612. The maximum Gasteiger partial charge on any atom is 0.0586 e. The predicted molar refractivity (Wildman–Crippen MR) is 53.1 cm³/mol. The molecule has 0 saturated carbocycles. The first-order valence-corrected chi connectivity index (χ1v) is 3.91. The summed E-state index contributed by atoms with van der Waals surface area (Å²) < 4.78 is 0. The van der Waals surface area contributed by atoms with Crippen LogP contribution in [0, 0.1) is 0 Å². The van der Waals surface area contributed by atoms with E-state index in [-0.39, 0.29) is 5.03 Å². The highest BCUT2D eigenvalue weighted by atomic mass is 35.5. The zero-order valence-electron chi connectivity index (χ0n) is 5.78. The van der Waals surface area contributed by atoms with Gasteiger partial charge in [-0.05, 0) is 12.2 Å². The average Bonchev–Trinajstić information content (AvgIpc) is 1.99. The fourth-order valence-electron chi connectivity index (χ4n) is 0.311. The molecular weight excluding hydrogens is 202 g/mol. The Balaban J connectivity index is 4.34. The highest BCUT2D eigenvalue weighted by Crippen LogP contribution is 2.17. The summed E-state index contributed by atoms with van der Waals surface area (Å²) in [6, 6.07) is 0. The molecule has 0 bridgehead atoms. The molecule has 0 aromatic rings. The second kappa shape index (κ2) is 5.48. The van der Waals surface area contributed by atoms with Crippen LogP contribution < -0.4 is 0 Å². The van der Waals surface area contributed by atoms with Gasteiger partial charge in [0, 0.05) is 5.03 Å². The molecule has 0 fully saturated rings. The van der Waals surface area contributed by atoms with Crippen molar-refractivity contribution < 1.29 is 0 Å². The van der Waals surface area contributed by atoms with Crippen molar-refractivity contribution in [2.24, 2.45) is 0 Å². The Morgan fingerprint density at radius 2 is 1.64 bits per heavy atom. The molecule has 0 unspecified atom stereocenters. The first-order valence-electron chi connectivity index (χ1n) is 2.78. The van der Waals surface area contributed by atoms with Crippen LogP contribution >= 0.6 is 34.8 Å². The SMILES string of the molecule is C=CC(Cl)=CC=C(Cl)C(=C)Cl. The summed E-state index contributed by atoms with van der Waals surface area (Å²) >= 11 is 16.7. The van der Waals surface area contributed by atoms with E-state index in [1.807, 2.05) is 0 Å². The van der Waals surface area contributed by atoms with Gasteiger partial charge in [0.05, 0.1) is 10.1 Å². The minimum Gasteiger partial charge on any atom is -0.0976 e. The standard InChI is InChI=1S/C8H7Cl3/c1-3-7(10)4-5-8(11)6(2)9/h3-5H,1-2H2. The topological polar surface area (TPSA) is 0 Å². The molecule has 0 spiro atoms. The van der Waals surface area contributed by atoms with Gasteiger partial charge in [-0.2, -0.15) is 0 Å². The molecule has 0 heterocycles. The molecule has 0 N–H and O–H groups in total. The molecule has 0 aliphatic heterocycles. The first-order chi connectivity index (χ1) is 5.07. The van der Waals surface area contributed by atoms with Crippen molar-refractivity contribution in [2.45, 2.75) is 0 Å². The number of hydrogen-bond donors (Lipinski definition) is 0. The van der Waals surface area contributed by atoms with Crippen molar-refractivity contribution in [3.8, 4) is 0 Å². The predicted octanol–water partition coefficient (Wildman–Crippen LogP) is 4.17. The van der Waals surface area contributed by atoms with Crippen molar-refractivity contribution in [3.63, 3.8) is 0 Å². The highest BCUT2D eigenvalue weighted by molar-refractivity contribution is 6.43. The zero-order valence-corrected chi connectivity index (χ0v) is 8.05. The second-order valence-electron chi connectivity index (χ2n) is 1.68. The van der Waals surface area contributed by atoms with Crippen LogP contribution in [0.15, 0.2) is 46.5 Å². The lowest BCUT2D eigenvalue weighted by Crippen LogP contribution is -1.67. The van der Waals surface area contributed by atoms with Crippen LogP contribution in [0.1, 0.15) is 0 Å². The van der Waals surface area contributed by atoms with Gasteiger partial charge in [-0.25, -0.2) is 0 Å². The first kappa shape index (κ1) is 10.8. The van der Waals surface area contributed by atoms with Crippen molar-refractivity contribution >= 4 is 34.8 Å². The minimum atomic E-state index is 0.288. The summed E-state index contributed by atoms with van der Waals surface area (Å²) in [4.78, 5) is 0. The van der Waals surface area contributed by atoms with Crippen molar-refractivity contribution in [1.29, 1.82) is 0 Å². The van der Waals surface area contributed by atoms with Crippen molar-refractivity contribution in [1.82, 2.24) is 0 Å². The van der Waals surface area contributed by atoms with Gasteiger partial charge >= 0.3 is 0 Å². The van der Waals surface area contributed by atoms with E-state index in [0.29, 0.717) is 10.1 Å². The Labute approximate surface area is 81.4 Å². The summed E-state index contributed by atoms with van der Waals surface area (Å²) in [6.07, 6.45) is 4.64. The van der Waals surface area contributed by atoms with Crippen LogP contribution in [0.4, 0.5) is 0 Å². The van der Waals surface area contributed by atoms with Crippen LogP contribution in [0.3, 0.4) is 0 Å². The molecule has 11 heavy (non-hydrogen) atoms. The van der Waals surface area contributed by atoms with Crippen LogP contribution in [-0.2, 0) is 0 Å². The Morgan fingerprint density at radius 1 is 1.09 bits per heavy atom. The van der Waals surface area contributed by atoms with Gasteiger partial charge in [0.15, 0.2) is 0 Å². The fraction of sp³-hybridized carbons (Fsp3) is 0. The van der Waals surface area contributed by atoms with Crippen molar-refractivity contribution in [3.05, 3.63) is 46.5 Å². The molecule has 0 rings (SSSR count). The van der Waals surface area contributed by atoms with Gasteiger partial charge < -0.3 is 0 Å². The molecule has 0 amide bonds. The molecule has 60 valence electrons.